The molecule has 196 valence electrons. The lowest BCUT2D eigenvalue weighted by atomic mass is 9.81. The first-order valence-electron chi connectivity index (χ1n) is 12.9. The van der Waals surface area contributed by atoms with Crippen LogP contribution in [0.4, 0.5) is 4.39 Å². The van der Waals surface area contributed by atoms with Crippen molar-refractivity contribution in [2.75, 3.05) is 0 Å². The molecule has 39 heavy (non-hydrogen) atoms. The molecule has 0 amide bonds. The summed E-state index contributed by atoms with van der Waals surface area (Å²) in [5, 5.41) is 4.53. The van der Waals surface area contributed by atoms with Crippen LogP contribution >= 0.6 is 11.6 Å². The summed E-state index contributed by atoms with van der Waals surface area (Å²) in [5.41, 5.74) is 8.22. The number of nitrogens with one attached hydrogen (secondary N) is 1. The number of nitrogens with zero attached hydrogens (tertiary/aromatic N) is 3. The van der Waals surface area contributed by atoms with Crippen LogP contribution in [0.3, 0.4) is 0 Å². The number of halogens is 2. The summed E-state index contributed by atoms with van der Waals surface area (Å²) in [4.78, 5) is 19.3. The smallest absolute Gasteiger partial charge is 0.439 e. The van der Waals surface area contributed by atoms with Crippen molar-refractivity contribution in [3.05, 3.63) is 116 Å². The minimum Gasteiger partial charge on any atom is -0.488 e. The van der Waals surface area contributed by atoms with E-state index in [9.17, 15) is 9.18 Å². The van der Waals surface area contributed by atoms with Gasteiger partial charge in [0.2, 0.25) is 0 Å². The molecule has 0 spiro atoms. The van der Waals surface area contributed by atoms with Crippen LogP contribution in [0.25, 0.3) is 16.8 Å². The van der Waals surface area contributed by atoms with Gasteiger partial charge in [-0.3, -0.25) is 9.51 Å². The number of aromatic amines is 1. The number of hydrogen-bond acceptors (Lipinski definition) is 5. The van der Waals surface area contributed by atoms with Gasteiger partial charge in [0.25, 0.3) is 0 Å². The van der Waals surface area contributed by atoms with Crippen LogP contribution in [0.15, 0.2) is 64.0 Å². The zero-order valence-corrected chi connectivity index (χ0v) is 21.9. The number of benzene rings is 2. The summed E-state index contributed by atoms with van der Waals surface area (Å²) in [5.74, 6) is 0.167. The molecule has 1 aliphatic heterocycles. The lowest BCUT2D eigenvalue weighted by Gasteiger charge is -2.24. The van der Waals surface area contributed by atoms with Crippen LogP contribution in [-0.2, 0) is 13.0 Å². The Bertz CT molecular complexity index is 1850. The number of aromatic nitrogens is 4. The fourth-order valence-electron chi connectivity index (χ4n) is 5.64. The number of allylic oxidation sites excluding steroid dienone is 1. The predicted molar refractivity (Wildman–Crippen MR) is 145 cm³/mol. The molecule has 4 heterocycles. The molecule has 7 nitrogen and oxygen atoms in total. The van der Waals surface area contributed by atoms with Gasteiger partial charge in [-0.15, -0.1) is 0 Å². The van der Waals surface area contributed by atoms with Crippen molar-refractivity contribution >= 4 is 28.4 Å². The first-order valence-corrected chi connectivity index (χ1v) is 13.3. The molecule has 3 aromatic heterocycles. The maximum Gasteiger partial charge on any atom is 0.439 e. The molecule has 0 unspecified atom stereocenters. The summed E-state index contributed by atoms with van der Waals surface area (Å²) in [6.07, 6.45) is 6.19. The minimum atomic E-state index is -0.639. The van der Waals surface area contributed by atoms with Gasteiger partial charge in [-0.2, -0.15) is 0 Å². The first kappa shape index (κ1) is 23.9. The van der Waals surface area contributed by atoms with Gasteiger partial charge in [0.05, 0.1) is 16.4 Å². The number of fused-ring (bicyclic) bond motifs is 3. The third-order valence-electron chi connectivity index (χ3n) is 7.80. The van der Waals surface area contributed by atoms with E-state index < -0.39 is 5.76 Å². The van der Waals surface area contributed by atoms with E-state index in [1.165, 1.54) is 18.6 Å². The van der Waals surface area contributed by atoms with Crippen molar-refractivity contribution in [3.8, 4) is 5.75 Å². The van der Waals surface area contributed by atoms with Crippen molar-refractivity contribution in [1.82, 2.24) is 19.5 Å². The van der Waals surface area contributed by atoms with E-state index in [0.717, 1.165) is 52.1 Å². The van der Waals surface area contributed by atoms with Crippen molar-refractivity contribution in [1.29, 1.82) is 0 Å². The summed E-state index contributed by atoms with van der Waals surface area (Å²) in [6, 6.07) is 14.6. The second kappa shape index (κ2) is 9.24. The molecule has 0 radical (unpaired) electrons. The highest BCUT2D eigenvalue weighted by atomic mass is 35.5. The maximum atomic E-state index is 14.2. The summed E-state index contributed by atoms with van der Waals surface area (Å²) < 4.78 is 27.2. The first-order chi connectivity index (χ1) is 19.0. The Balaban J connectivity index is 1.36. The molecule has 2 aliphatic rings. The minimum absolute atomic E-state index is 0.264. The van der Waals surface area contributed by atoms with Crippen LogP contribution in [-0.4, -0.2) is 19.5 Å². The third-order valence-corrected chi connectivity index (χ3v) is 8.10. The molecule has 0 bridgehead atoms. The Morgan fingerprint density at radius 3 is 2.79 bits per heavy atom. The Labute approximate surface area is 227 Å². The monoisotopic (exact) mass is 542 g/mol. The van der Waals surface area contributed by atoms with Gasteiger partial charge in [0, 0.05) is 35.7 Å². The summed E-state index contributed by atoms with van der Waals surface area (Å²) >= 11 is 6.51. The number of pyridine rings is 1. The van der Waals surface area contributed by atoms with E-state index in [1.54, 1.807) is 6.07 Å². The van der Waals surface area contributed by atoms with Crippen molar-refractivity contribution in [2.24, 2.45) is 0 Å². The van der Waals surface area contributed by atoms with Gasteiger partial charge in [0.15, 0.2) is 11.5 Å². The number of hydrogen-bond donors (Lipinski definition) is 1. The molecular weight excluding hydrogens is 519 g/mol. The molecule has 5 aromatic rings. The molecule has 1 N–H and O–H groups in total. The predicted octanol–water partition coefficient (Wildman–Crippen LogP) is 6.53. The number of imidazole rings is 1. The highest BCUT2D eigenvalue weighted by molar-refractivity contribution is 6.33. The fourth-order valence-corrected chi connectivity index (χ4v) is 5.84. The largest absolute Gasteiger partial charge is 0.488 e. The van der Waals surface area contributed by atoms with Crippen LogP contribution < -0.4 is 10.5 Å². The van der Waals surface area contributed by atoms with Gasteiger partial charge < -0.3 is 9.14 Å². The van der Waals surface area contributed by atoms with Gasteiger partial charge in [-0.25, -0.2) is 14.2 Å². The Morgan fingerprint density at radius 2 is 2.03 bits per heavy atom. The van der Waals surface area contributed by atoms with Gasteiger partial charge >= 0.3 is 5.76 Å². The topological polar surface area (TPSA) is 85.4 Å². The van der Waals surface area contributed by atoms with Crippen molar-refractivity contribution in [2.45, 2.75) is 45.1 Å². The van der Waals surface area contributed by atoms with Crippen molar-refractivity contribution < 1.29 is 13.7 Å². The van der Waals surface area contributed by atoms with E-state index >= 15 is 0 Å². The molecule has 1 saturated carbocycles. The van der Waals surface area contributed by atoms with Crippen LogP contribution in [0, 0.1) is 5.82 Å². The van der Waals surface area contributed by atoms with Gasteiger partial charge in [-0.1, -0.05) is 41.4 Å². The fraction of sp³-hybridized carbons (Fsp3) is 0.233. The maximum absolute atomic E-state index is 14.2. The number of rotatable bonds is 4. The highest BCUT2D eigenvalue weighted by Crippen LogP contribution is 2.42. The lowest BCUT2D eigenvalue weighted by Crippen LogP contribution is -2.12. The molecular formula is C30H24ClFN4O3. The molecule has 1 aliphatic carbocycles. The molecule has 0 saturated heterocycles. The summed E-state index contributed by atoms with van der Waals surface area (Å²) in [6.45, 7) is 2.12. The normalized spacial score (nSPS) is 16.3. The Hall–Kier alpha value is -4.17. The average Bonchev–Trinajstić information content (AvgIpc) is 3.44. The van der Waals surface area contributed by atoms with Gasteiger partial charge in [0.1, 0.15) is 18.2 Å². The van der Waals surface area contributed by atoms with E-state index in [2.05, 4.69) is 32.7 Å². The summed E-state index contributed by atoms with van der Waals surface area (Å²) in [7, 11) is 0. The number of H-pyrrole nitrogens is 1. The van der Waals surface area contributed by atoms with Crippen molar-refractivity contribution in [3.63, 3.8) is 0 Å². The molecule has 1 fully saturated rings. The zero-order valence-electron chi connectivity index (χ0n) is 21.1. The quantitative estimate of drug-likeness (QED) is 0.279. The second-order valence-corrected chi connectivity index (χ2v) is 10.6. The van der Waals surface area contributed by atoms with E-state index in [4.69, 9.17) is 25.8 Å². The van der Waals surface area contributed by atoms with E-state index in [0.29, 0.717) is 40.1 Å². The third kappa shape index (κ3) is 4.06. The lowest BCUT2D eigenvalue weighted by molar-refractivity contribution is 0.305. The highest BCUT2D eigenvalue weighted by Gasteiger charge is 2.28. The van der Waals surface area contributed by atoms with E-state index in [-0.39, 0.29) is 12.4 Å². The molecule has 9 heteroatoms. The average molecular weight is 543 g/mol. The molecule has 2 aromatic carbocycles. The second-order valence-electron chi connectivity index (χ2n) is 10.2. The van der Waals surface area contributed by atoms with Crippen LogP contribution in [0.1, 0.15) is 71.6 Å². The Morgan fingerprint density at radius 1 is 1.18 bits per heavy atom. The van der Waals surface area contributed by atoms with Crippen LogP contribution in [0.2, 0.25) is 5.02 Å². The standard InChI is InChI=1S/C30H24ClFN4O3/c1-16(28-34-30(37)39-35-28)26-21-9-7-17(12-19(21)15-38-25-14-20(32)8-10-22(25)26)13-24-27(18-4-2-5-18)33-29-23(31)6-3-11-36(24)29/h3,6-12,14,18H,2,4-5,13,15H2,1H3,(H,34,35,37)/b26-16+. The SMILES string of the molecule is C/C(=C1/c2ccc(Cc3c(C4CCC4)nc4c(Cl)cccn34)cc2COc2cc(F)ccc21)c1noc(=O)[nH]1. The molecule has 0 atom stereocenters. The van der Waals surface area contributed by atoms with Gasteiger partial charge in [-0.05, 0) is 66.3 Å². The zero-order chi connectivity index (χ0) is 26.7. The molecule has 7 rings (SSSR count). The van der Waals surface area contributed by atoms with E-state index in [1.807, 2.05) is 25.3 Å². The Kier molecular flexibility index (Phi) is 5.66. The number of ether oxygens (including phenoxy) is 1. The van der Waals surface area contributed by atoms with Crippen LogP contribution in [0.5, 0.6) is 5.75 Å².